The largest absolute Gasteiger partial charge is 0.241 e. The molecular weight excluding hydrogens is 349 g/mol. The van der Waals surface area contributed by atoms with Gasteiger partial charge in [0.05, 0.1) is 10.4 Å². The van der Waals surface area contributed by atoms with E-state index in [1.165, 1.54) is 12.1 Å². The van der Waals surface area contributed by atoms with E-state index in [1.807, 2.05) is 0 Å². The third-order valence-electron chi connectivity index (χ3n) is 2.08. The number of nitrogens with one attached hydrogen (secondary N) is 1. The predicted molar refractivity (Wildman–Crippen MR) is 74.3 cm³/mol. The SMILES string of the molecule is CC(CCl)(CCl)NS(=O)(=O)c1cccc(Br)c1. The summed E-state index contributed by atoms with van der Waals surface area (Å²) < 4.78 is 27.3. The van der Waals surface area contributed by atoms with E-state index >= 15 is 0 Å². The first kappa shape index (κ1) is 15.2. The van der Waals surface area contributed by atoms with Crippen LogP contribution in [0.5, 0.6) is 0 Å². The molecule has 17 heavy (non-hydrogen) atoms. The van der Waals surface area contributed by atoms with Crippen LogP contribution in [-0.4, -0.2) is 25.7 Å². The van der Waals surface area contributed by atoms with E-state index in [-0.39, 0.29) is 16.7 Å². The third-order valence-corrected chi connectivity index (χ3v) is 5.39. The van der Waals surface area contributed by atoms with Gasteiger partial charge in [-0.1, -0.05) is 22.0 Å². The molecule has 0 bridgehead atoms. The predicted octanol–water partition coefficient (Wildman–Crippen LogP) is 2.96. The molecule has 0 amide bonds. The zero-order valence-corrected chi connectivity index (χ0v) is 13.0. The van der Waals surface area contributed by atoms with Crippen molar-refractivity contribution in [2.45, 2.75) is 17.4 Å². The molecule has 0 aliphatic heterocycles. The Morgan fingerprint density at radius 1 is 1.35 bits per heavy atom. The summed E-state index contributed by atoms with van der Waals surface area (Å²) in [6.45, 7) is 1.66. The van der Waals surface area contributed by atoms with E-state index in [1.54, 1.807) is 19.1 Å². The Labute approximate surface area is 120 Å². The molecule has 0 atom stereocenters. The molecule has 1 N–H and O–H groups in total. The second-order valence-electron chi connectivity index (χ2n) is 3.89. The monoisotopic (exact) mass is 359 g/mol. The van der Waals surface area contributed by atoms with Gasteiger partial charge < -0.3 is 0 Å². The molecule has 0 spiro atoms. The number of halogens is 3. The van der Waals surface area contributed by atoms with Gasteiger partial charge in [0.15, 0.2) is 0 Å². The van der Waals surface area contributed by atoms with Gasteiger partial charge in [0, 0.05) is 16.2 Å². The van der Waals surface area contributed by atoms with Gasteiger partial charge in [-0.25, -0.2) is 13.1 Å². The summed E-state index contributed by atoms with van der Waals surface area (Å²) in [7, 11) is -3.61. The maximum Gasteiger partial charge on any atom is 0.241 e. The Kier molecular flexibility index (Phi) is 5.28. The molecule has 0 aliphatic carbocycles. The number of alkyl halides is 2. The molecular formula is C10H12BrCl2NO2S. The van der Waals surface area contributed by atoms with E-state index in [0.717, 1.165) is 0 Å². The van der Waals surface area contributed by atoms with E-state index < -0.39 is 15.6 Å². The smallest absolute Gasteiger partial charge is 0.207 e. The van der Waals surface area contributed by atoms with Gasteiger partial charge in [-0.2, -0.15) is 0 Å². The molecule has 0 aromatic heterocycles. The Morgan fingerprint density at radius 2 is 1.94 bits per heavy atom. The van der Waals surface area contributed by atoms with Crippen molar-refractivity contribution in [3.05, 3.63) is 28.7 Å². The van der Waals surface area contributed by atoms with E-state index in [2.05, 4.69) is 20.7 Å². The number of benzene rings is 1. The molecule has 1 aromatic rings. The molecule has 0 aliphatic rings. The highest BCUT2D eigenvalue weighted by atomic mass is 79.9. The lowest BCUT2D eigenvalue weighted by Gasteiger charge is -2.25. The van der Waals surface area contributed by atoms with Crippen LogP contribution < -0.4 is 4.72 Å². The van der Waals surface area contributed by atoms with Crippen LogP contribution in [0, 0.1) is 0 Å². The van der Waals surface area contributed by atoms with Crippen molar-refractivity contribution in [2.75, 3.05) is 11.8 Å². The number of rotatable bonds is 5. The van der Waals surface area contributed by atoms with Crippen molar-refractivity contribution < 1.29 is 8.42 Å². The fourth-order valence-corrected chi connectivity index (χ4v) is 3.69. The molecule has 0 saturated carbocycles. The van der Waals surface area contributed by atoms with E-state index in [0.29, 0.717) is 4.47 Å². The Hall–Kier alpha value is 0.190. The summed E-state index contributed by atoms with van der Waals surface area (Å²) in [5.74, 6) is 0.202. The molecule has 1 rings (SSSR count). The third kappa shape index (κ3) is 4.10. The van der Waals surface area contributed by atoms with Crippen LogP contribution in [-0.2, 0) is 10.0 Å². The van der Waals surface area contributed by atoms with Crippen molar-refractivity contribution in [3.8, 4) is 0 Å². The Balaban J connectivity index is 3.05. The van der Waals surface area contributed by atoms with Crippen molar-refractivity contribution in [2.24, 2.45) is 0 Å². The minimum Gasteiger partial charge on any atom is -0.207 e. The summed E-state index contributed by atoms with van der Waals surface area (Å²) in [5.41, 5.74) is -0.857. The van der Waals surface area contributed by atoms with Crippen LogP contribution in [0.25, 0.3) is 0 Å². The van der Waals surface area contributed by atoms with Gasteiger partial charge in [-0.05, 0) is 25.1 Å². The van der Waals surface area contributed by atoms with Crippen LogP contribution in [0.2, 0.25) is 0 Å². The first-order valence-corrected chi connectivity index (χ1v) is 8.09. The highest BCUT2D eigenvalue weighted by Gasteiger charge is 2.29. The quantitative estimate of drug-likeness (QED) is 0.820. The summed E-state index contributed by atoms with van der Waals surface area (Å²) in [5, 5.41) is 0. The minimum absolute atomic E-state index is 0.101. The summed E-state index contributed by atoms with van der Waals surface area (Å²) >= 11 is 14.7. The molecule has 96 valence electrons. The molecule has 0 radical (unpaired) electrons. The van der Waals surface area contributed by atoms with Gasteiger partial charge in [0.1, 0.15) is 0 Å². The van der Waals surface area contributed by atoms with Gasteiger partial charge >= 0.3 is 0 Å². The summed E-state index contributed by atoms with van der Waals surface area (Å²) in [4.78, 5) is 0.174. The van der Waals surface area contributed by atoms with Crippen molar-refractivity contribution in [3.63, 3.8) is 0 Å². The maximum absolute atomic E-state index is 12.1. The molecule has 7 heteroatoms. The Bertz CT molecular complexity index is 489. The van der Waals surface area contributed by atoms with Crippen molar-refractivity contribution >= 4 is 49.2 Å². The minimum atomic E-state index is -3.61. The normalized spacial score (nSPS) is 12.7. The molecule has 0 fully saturated rings. The van der Waals surface area contributed by atoms with Crippen LogP contribution in [0.15, 0.2) is 33.6 Å². The molecule has 1 aromatic carbocycles. The van der Waals surface area contributed by atoms with Crippen LogP contribution >= 0.6 is 39.1 Å². The van der Waals surface area contributed by atoms with Crippen molar-refractivity contribution in [1.29, 1.82) is 0 Å². The first-order chi connectivity index (χ1) is 7.83. The Morgan fingerprint density at radius 3 is 2.41 bits per heavy atom. The summed E-state index contributed by atoms with van der Waals surface area (Å²) in [6, 6.07) is 6.43. The van der Waals surface area contributed by atoms with Crippen molar-refractivity contribution in [1.82, 2.24) is 4.72 Å². The van der Waals surface area contributed by atoms with Crippen LogP contribution in [0.4, 0.5) is 0 Å². The average Bonchev–Trinajstić information content (AvgIpc) is 2.28. The van der Waals surface area contributed by atoms with Gasteiger partial charge in [-0.15, -0.1) is 23.2 Å². The fourth-order valence-electron chi connectivity index (χ4n) is 1.11. The number of sulfonamides is 1. The molecule has 0 heterocycles. The number of hydrogen-bond donors (Lipinski definition) is 1. The first-order valence-electron chi connectivity index (χ1n) is 4.74. The highest BCUT2D eigenvalue weighted by molar-refractivity contribution is 9.10. The molecule has 0 saturated heterocycles. The zero-order chi connectivity index (χ0) is 13.1. The maximum atomic E-state index is 12.1. The van der Waals surface area contributed by atoms with Crippen LogP contribution in [0.3, 0.4) is 0 Å². The molecule has 3 nitrogen and oxygen atoms in total. The van der Waals surface area contributed by atoms with E-state index in [4.69, 9.17) is 23.2 Å². The van der Waals surface area contributed by atoms with E-state index in [9.17, 15) is 8.42 Å². The van der Waals surface area contributed by atoms with Gasteiger partial charge in [0.2, 0.25) is 10.0 Å². The zero-order valence-electron chi connectivity index (χ0n) is 9.08. The lowest BCUT2D eigenvalue weighted by Crippen LogP contribution is -2.49. The standard InChI is InChI=1S/C10H12BrCl2NO2S/c1-10(6-12,7-13)14-17(15,16)9-4-2-3-8(11)5-9/h2-5,14H,6-7H2,1H3. The lowest BCUT2D eigenvalue weighted by atomic mass is 10.1. The van der Waals surface area contributed by atoms with Gasteiger partial charge in [-0.3, -0.25) is 0 Å². The highest BCUT2D eigenvalue weighted by Crippen LogP contribution is 2.19. The fraction of sp³-hybridized carbons (Fsp3) is 0.400. The lowest BCUT2D eigenvalue weighted by molar-refractivity contribution is 0.500. The second-order valence-corrected chi connectivity index (χ2v) is 7.02. The van der Waals surface area contributed by atoms with Crippen LogP contribution in [0.1, 0.15) is 6.92 Å². The molecule has 0 unspecified atom stereocenters. The summed E-state index contributed by atoms with van der Waals surface area (Å²) in [6.07, 6.45) is 0. The number of hydrogen-bond acceptors (Lipinski definition) is 2. The second kappa shape index (κ2) is 5.89. The topological polar surface area (TPSA) is 46.2 Å². The average molecular weight is 361 g/mol. The van der Waals surface area contributed by atoms with Gasteiger partial charge in [0.25, 0.3) is 0 Å².